The third-order valence-corrected chi connectivity index (χ3v) is 7.23. The number of aromatic nitrogens is 3. The summed E-state index contributed by atoms with van der Waals surface area (Å²) in [7, 11) is -2.45. The number of pyridine rings is 2. The van der Waals surface area contributed by atoms with Crippen LogP contribution in [-0.2, 0) is 21.1 Å². The Morgan fingerprint density at radius 1 is 1.09 bits per heavy atom. The van der Waals surface area contributed by atoms with Crippen LogP contribution in [0.15, 0.2) is 63.2 Å². The van der Waals surface area contributed by atoms with Crippen LogP contribution in [0.5, 0.6) is 0 Å². The fraction of sp³-hybridized carbons (Fsp3) is 0.261. The molecule has 0 spiro atoms. The fourth-order valence-electron chi connectivity index (χ4n) is 3.70. The van der Waals surface area contributed by atoms with E-state index in [0.717, 1.165) is 11.1 Å². The van der Waals surface area contributed by atoms with E-state index in [0.29, 0.717) is 18.7 Å². The first-order valence-electron chi connectivity index (χ1n) is 10.2. The highest BCUT2D eigenvalue weighted by molar-refractivity contribution is 7.91. The molecule has 0 atom stereocenters. The van der Waals surface area contributed by atoms with Crippen LogP contribution in [0.2, 0.25) is 0 Å². The Labute approximate surface area is 185 Å². The number of nitrogens with zero attached hydrogens (tertiary/aromatic N) is 3. The maximum Gasteiger partial charge on any atom is 0.267 e. The number of hydrogen-bond donors (Lipinski definition) is 1. The van der Waals surface area contributed by atoms with Crippen LogP contribution in [0.25, 0.3) is 16.7 Å². The Kier molecular flexibility index (Phi) is 5.70. The molecule has 0 aliphatic heterocycles. The molecule has 0 radical (unpaired) electrons. The minimum absolute atomic E-state index is 0.0732. The average Bonchev–Trinajstić information content (AvgIpc) is 2.76. The molecular weight excluding hydrogens is 428 g/mol. The average molecular weight is 453 g/mol. The molecule has 9 heteroatoms. The molecule has 4 rings (SSSR count). The summed E-state index contributed by atoms with van der Waals surface area (Å²) in [5, 5.41) is 8.88. The second kappa shape index (κ2) is 8.33. The first-order chi connectivity index (χ1) is 15.3. The van der Waals surface area contributed by atoms with Crippen LogP contribution in [0.4, 0.5) is 0 Å². The van der Waals surface area contributed by atoms with Crippen molar-refractivity contribution >= 4 is 26.5 Å². The van der Waals surface area contributed by atoms with Crippen molar-refractivity contribution in [3.63, 3.8) is 0 Å². The fourth-order valence-corrected chi connectivity index (χ4v) is 5.09. The molecule has 3 aromatic heterocycles. The summed E-state index contributed by atoms with van der Waals surface area (Å²) in [6.45, 7) is 4.43. The molecule has 4 aromatic rings. The maximum absolute atomic E-state index is 13.4. The lowest BCUT2D eigenvalue weighted by Gasteiger charge is -2.15. The van der Waals surface area contributed by atoms with E-state index in [1.165, 1.54) is 27.2 Å². The van der Waals surface area contributed by atoms with Gasteiger partial charge in [-0.3, -0.25) is 14.6 Å². The minimum atomic E-state index is -4.02. The minimum Gasteiger partial charge on any atom is -0.385 e. The molecule has 0 aliphatic carbocycles. The molecule has 0 bridgehead atoms. The number of aryl methyl sites for hydroxylation is 3. The Balaban J connectivity index is 2.09. The zero-order valence-corrected chi connectivity index (χ0v) is 18.9. The molecule has 166 valence electrons. The standard InChI is InChI=1S/C23H24N4O4S/c1-15-7-9-17(10-8-15)32(29,30)19-14-18-22(26(20(19)24)12-5-13-31-3)25-21-16(2)6-4-11-27(21)23(18)28/h4,6-11,14,24H,5,12-13H2,1-3H3. The van der Waals surface area contributed by atoms with Gasteiger partial charge in [-0.05, 0) is 50.1 Å². The SMILES string of the molecule is COCCCn1c(=N)c(S(=O)(=O)c2ccc(C)cc2)cc2c(=O)n3cccc(C)c3nc21. The lowest BCUT2D eigenvalue weighted by atomic mass is 10.2. The van der Waals surface area contributed by atoms with Crippen LogP contribution in [-0.4, -0.2) is 36.1 Å². The van der Waals surface area contributed by atoms with E-state index in [1.54, 1.807) is 31.5 Å². The monoisotopic (exact) mass is 452 g/mol. The van der Waals surface area contributed by atoms with Gasteiger partial charge in [0.1, 0.15) is 21.7 Å². The highest BCUT2D eigenvalue weighted by Crippen LogP contribution is 2.21. The van der Waals surface area contributed by atoms with Gasteiger partial charge >= 0.3 is 0 Å². The van der Waals surface area contributed by atoms with Gasteiger partial charge in [-0.1, -0.05) is 23.8 Å². The second-order valence-electron chi connectivity index (χ2n) is 7.71. The van der Waals surface area contributed by atoms with E-state index >= 15 is 0 Å². The molecule has 0 saturated carbocycles. The molecule has 0 unspecified atom stereocenters. The Morgan fingerprint density at radius 3 is 2.50 bits per heavy atom. The number of fused-ring (bicyclic) bond motifs is 2. The lowest BCUT2D eigenvalue weighted by Crippen LogP contribution is -2.30. The summed E-state index contributed by atoms with van der Waals surface area (Å²) >= 11 is 0. The lowest BCUT2D eigenvalue weighted by molar-refractivity contribution is 0.190. The van der Waals surface area contributed by atoms with E-state index in [4.69, 9.17) is 10.1 Å². The summed E-state index contributed by atoms with van der Waals surface area (Å²) in [5.41, 5.74) is 1.89. The third kappa shape index (κ3) is 3.63. The number of nitrogens with one attached hydrogen (secondary N) is 1. The molecule has 3 heterocycles. The van der Waals surface area contributed by atoms with Gasteiger partial charge in [-0.2, -0.15) is 0 Å². The molecular formula is C23H24N4O4S. The number of rotatable bonds is 6. The van der Waals surface area contributed by atoms with Gasteiger partial charge in [0.05, 0.1) is 10.3 Å². The zero-order chi connectivity index (χ0) is 23.0. The third-order valence-electron chi connectivity index (χ3n) is 5.45. The summed E-state index contributed by atoms with van der Waals surface area (Å²) < 4.78 is 34.9. The summed E-state index contributed by atoms with van der Waals surface area (Å²) in [6, 6.07) is 11.3. The van der Waals surface area contributed by atoms with Gasteiger partial charge in [0.15, 0.2) is 0 Å². The molecule has 1 aromatic carbocycles. The number of methoxy groups -OCH3 is 1. The highest BCUT2D eigenvalue weighted by Gasteiger charge is 2.24. The van der Waals surface area contributed by atoms with Crippen molar-refractivity contribution in [3.8, 4) is 0 Å². The smallest absolute Gasteiger partial charge is 0.267 e. The molecule has 0 saturated heterocycles. The van der Waals surface area contributed by atoms with Crippen LogP contribution in [0.3, 0.4) is 0 Å². The van der Waals surface area contributed by atoms with Crippen LogP contribution < -0.4 is 11.0 Å². The summed E-state index contributed by atoms with van der Waals surface area (Å²) in [6.07, 6.45) is 2.14. The van der Waals surface area contributed by atoms with Crippen LogP contribution in [0, 0.1) is 19.3 Å². The first kappa shape index (κ1) is 21.9. The number of sulfone groups is 1. The molecule has 0 amide bonds. The number of hydrogen-bond acceptors (Lipinski definition) is 6. The van der Waals surface area contributed by atoms with Crippen LogP contribution >= 0.6 is 0 Å². The normalized spacial score (nSPS) is 12.0. The zero-order valence-electron chi connectivity index (χ0n) is 18.1. The van der Waals surface area contributed by atoms with Gasteiger partial charge in [0, 0.05) is 26.5 Å². The van der Waals surface area contributed by atoms with Crippen molar-refractivity contribution in [1.29, 1.82) is 5.41 Å². The Bertz CT molecular complexity index is 1550. The van der Waals surface area contributed by atoms with Crippen molar-refractivity contribution in [3.05, 3.63) is 75.6 Å². The maximum atomic E-state index is 13.4. The van der Waals surface area contributed by atoms with Gasteiger partial charge < -0.3 is 9.30 Å². The molecule has 0 fully saturated rings. The van der Waals surface area contributed by atoms with Gasteiger partial charge in [0.2, 0.25) is 9.84 Å². The largest absolute Gasteiger partial charge is 0.385 e. The second-order valence-corrected chi connectivity index (χ2v) is 9.63. The van der Waals surface area contributed by atoms with Crippen molar-refractivity contribution in [2.24, 2.45) is 0 Å². The van der Waals surface area contributed by atoms with Gasteiger partial charge in [0.25, 0.3) is 5.56 Å². The van der Waals surface area contributed by atoms with Crippen molar-refractivity contribution in [2.45, 2.75) is 36.6 Å². The first-order valence-corrected chi connectivity index (χ1v) is 11.6. The van der Waals surface area contributed by atoms with Crippen molar-refractivity contribution < 1.29 is 13.2 Å². The molecule has 0 aliphatic rings. The van der Waals surface area contributed by atoms with Crippen molar-refractivity contribution in [1.82, 2.24) is 14.0 Å². The molecule has 1 N–H and O–H groups in total. The van der Waals surface area contributed by atoms with E-state index in [9.17, 15) is 13.2 Å². The van der Waals surface area contributed by atoms with E-state index in [-0.39, 0.29) is 38.4 Å². The van der Waals surface area contributed by atoms with Gasteiger partial charge in [-0.15, -0.1) is 0 Å². The number of ether oxygens (including phenoxy) is 1. The van der Waals surface area contributed by atoms with Crippen LogP contribution in [0.1, 0.15) is 17.5 Å². The predicted molar refractivity (Wildman–Crippen MR) is 121 cm³/mol. The number of benzene rings is 1. The molecule has 32 heavy (non-hydrogen) atoms. The molecule has 8 nitrogen and oxygen atoms in total. The Hall–Kier alpha value is -3.30. The van der Waals surface area contributed by atoms with E-state index in [1.807, 2.05) is 19.9 Å². The predicted octanol–water partition coefficient (Wildman–Crippen LogP) is 2.61. The van der Waals surface area contributed by atoms with Gasteiger partial charge in [-0.25, -0.2) is 13.4 Å². The quantitative estimate of drug-likeness (QED) is 0.358. The highest BCUT2D eigenvalue weighted by atomic mass is 32.2. The van der Waals surface area contributed by atoms with Crippen molar-refractivity contribution in [2.75, 3.05) is 13.7 Å². The topological polar surface area (TPSA) is 107 Å². The summed E-state index contributed by atoms with van der Waals surface area (Å²) in [5.74, 6) is 0. The summed E-state index contributed by atoms with van der Waals surface area (Å²) in [4.78, 5) is 17.8. The van der Waals surface area contributed by atoms with E-state index in [2.05, 4.69) is 4.98 Å². The van der Waals surface area contributed by atoms with E-state index < -0.39 is 9.84 Å². The Morgan fingerprint density at radius 2 is 1.81 bits per heavy atom.